The summed E-state index contributed by atoms with van der Waals surface area (Å²) in [6.07, 6.45) is 7.24. The van der Waals surface area contributed by atoms with E-state index in [1.54, 1.807) is 6.20 Å². The Hall–Kier alpha value is -1.72. The van der Waals surface area contributed by atoms with Gasteiger partial charge in [0.25, 0.3) is 0 Å². The van der Waals surface area contributed by atoms with E-state index in [1.807, 2.05) is 35.3 Å². The molecule has 116 valence electrons. The van der Waals surface area contributed by atoms with E-state index in [4.69, 9.17) is 0 Å². The minimum absolute atomic E-state index is 0.131. The molecule has 22 heavy (non-hydrogen) atoms. The lowest BCUT2D eigenvalue weighted by atomic mass is 9.77. The third-order valence-corrected chi connectivity index (χ3v) is 5.16. The highest BCUT2D eigenvalue weighted by atomic mass is 16.3. The van der Waals surface area contributed by atoms with E-state index in [0.29, 0.717) is 11.8 Å². The second kappa shape index (κ2) is 5.82. The number of nitrogens with zero attached hydrogens (tertiary/aromatic N) is 4. The molecule has 1 saturated carbocycles. The van der Waals surface area contributed by atoms with Crippen LogP contribution >= 0.6 is 0 Å². The highest BCUT2D eigenvalue weighted by Crippen LogP contribution is 2.41. The van der Waals surface area contributed by atoms with Crippen LogP contribution in [0, 0.1) is 11.8 Å². The van der Waals surface area contributed by atoms with E-state index < -0.39 is 0 Å². The number of pyridine rings is 1. The molecule has 0 unspecified atom stereocenters. The average molecular weight is 298 g/mol. The molecule has 1 N–H and O–H groups in total. The largest absolute Gasteiger partial charge is 0.391 e. The van der Waals surface area contributed by atoms with Crippen LogP contribution in [0.4, 0.5) is 0 Å². The number of hydrogen-bond donors (Lipinski definition) is 1. The highest BCUT2D eigenvalue weighted by molar-refractivity contribution is 5.05. The Labute approximate surface area is 130 Å². The molecule has 3 heterocycles. The summed E-state index contributed by atoms with van der Waals surface area (Å²) in [4.78, 5) is 6.91. The molecule has 2 aliphatic rings. The fraction of sp³-hybridized carbons (Fsp3) is 0.529. The lowest BCUT2D eigenvalue weighted by Crippen LogP contribution is -2.36. The summed E-state index contributed by atoms with van der Waals surface area (Å²) in [5.41, 5.74) is 1.13. The Morgan fingerprint density at radius 2 is 1.95 bits per heavy atom. The molecule has 0 spiro atoms. The second-order valence-electron chi connectivity index (χ2n) is 6.63. The lowest BCUT2D eigenvalue weighted by Gasteiger charge is -2.35. The van der Waals surface area contributed by atoms with E-state index >= 15 is 0 Å². The SMILES string of the molecule is O[C@H]1C[C@@H]2CN(Cc3ccccn3)C[C@@H]2C[C@@H]1n1cccn1. The summed E-state index contributed by atoms with van der Waals surface area (Å²) >= 11 is 0. The van der Waals surface area contributed by atoms with Crippen molar-refractivity contribution in [3.63, 3.8) is 0 Å². The van der Waals surface area contributed by atoms with Crippen molar-refractivity contribution in [2.75, 3.05) is 13.1 Å². The van der Waals surface area contributed by atoms with Crippen molar-refractivity contribution in [3.8, 4) is 0 Å². The third kappa shape index (κ3) is 2.66. The zero-order chi connectivity index (χ0) is 14.9. The van der Waals surface area contributed by atoms with E-state index in [0.717, 1.165) is 38.2 Å². The summed E-state index contributed by atoms with van der Waals surface area (Å²) in [6, 6.07) is 8.15. The van der Waals surface area contributed by atoms with E-state index in [9.17, 15) is 5.11 Å². The van der Waals surface area contributed by atoms with Crippen LogP contribution in [-0.4, -0.2) is 44.0 Å². The van der Waals surface area contributed by atoms with Crippen molar-refractivity contribution in [2.45, 2.75) is 31.5 Å². The lowest BCUT2D eigenvalue weighted by molar-refractivity contribution is 0.0306. The normalized spacial score (nSPS) is 32.0. The van der Waals surface area contributed by atoms with Gasteiger partial charge in [0.15, 0.2) is 0 Å². The first-order valence-corrected chi connectivity index (χ1v) is 8.09. The van der Waals surface area contributed by atoms with Crippen molar-refractivity contribution in [3.05, 3.63) is 48.5 Å². The molecule has 5 nitrogen and oxygen atoms in total. The standard InChI is InChI=1S/C17H22N4O/c22-17-9-14-11-20(12-15-4-1-2-5-18-15)10-13(14)8-16(17)21-7-3-6-19-21/h1-7,13-14,16-17,22H,8-12H2/t13-,14+,16-,17-/m0/s1. The molecular weight excluding hydrogens is 276 g/mol. The van der Waals surface area contributed by atoms with Crippen LogP contribution in [0.5, 0.6) is 0 Å². The van der Waals surface area contributed by atoms with Gasteiger partial charge in [-0.3, -0.25) is 14.6 Å². The van der Waals surface area contributed by atoms with E-state index in [2.05, 4.69) is 21.0 Å². The summed E-state index contributed by atoms with van der Waals surface area (Å²) in [6.45, 7) is 3.09. The molecular formula is C17H22N4O. The Kier molecular flexibility index (Phi) is 3.68. The molecule has 4 atom stereocenters. The van der Waals surface area contributed by atoms with Crippen LogP contribution in [0.15, 0.2) is 42.9 Å². The molecule has 4 rings (SSSR count). The van der Waals surface area contributed by atoms with Gasteiger partial charge in [-0.05, 0) is 42.9 Å². The predicted molar refractivity (Wildman–Crippen MR) is 83.0 cm³/mol. The van der Waals surface area contributed by atoms with Gasteiger partial charge in [-0.15, -0.1) is 0 Å². The molecule has 2 aromatic heterocycles. The van der Waals surface area contributed by atoms with Crippen molar-refractivity contribution >= 4 is 0 Å². The number of aliphatic hydroxyl groups excluding tert-OH is 1. The number of fused-ring (bicyclic) bond motifs is 1. The fourth-order valence-corrected chi connectivity index (χ4v) is 4.12. The highest BCUT2D eigenvalue weighted by Gasteiger charge is 2.42. The van der Waals surface area contributed by atoms with Crippen LogP contribution in [0.2, 0.25) is 0 Å². The van der Waals surface area contributed by atoms with Crippen LogP contribution in [0.25, 0.3) is 0 Å². The Bertz CT molecular complexity index is 600. The van der Waals surface area contributed by atoms with Crippen molar-refractivity contribution < 1.29 is 5.11 Å². The molecule has 1 aliphatic carbocycles. The third-order valence-electron chi connectivity index (χ3n) is 5.16. The fourth-order valence-electron chi connectivity index (χ4n) is 4.12. The minimum atomic E-state index is -0.282. The van der Waals surface area contributed by atoms with Gasteiger partial charge in [0.1, 0.15) is 0 Å². The summed E-state index contributed by atoms with van der Waals surface area (Å²) in [5, 5.41) is 14.8. The van der Waals surface area contributed by atoms with Gasteiger partial charge in [-0.25, -0.2) is 0 Å². The van der Waals surface area contributed by atoms with Crippen molar-refractivity contribution in [1.29, 1.82) is 0 Å². The van der Waals surface area contributed by atoms with Crippen molar-refractivity contribution in [2.24, 2.45) is 11.8 Å². The Morgan fingerprint density at radius 3 is 2.68 bits per heavy atom. The van der Waals surface area contributed by atoms with Crippen LogP contribution < -0.4 is 0 Å². The van der Waals surface area contributed by atoms with Gasteiger partial charge in [0.05, 0.1) is 17.8 Å². The number of aliphatic hydroxyl groups is 1. The summed E-state index contributed by atoms with van der Waals surface area (Å²) in [7, 11) is 0. The van der Waals surface area contributed by atoms with Gasteiger partial charge in [0, 0.05) is 38.2 Å². The number of hydrogen-bond acceptors (Lipinski definition) is 4. The van der Waals surface area contributed by atoms with Gasteiger partial charge < -0.3 is 5.11 Å². The molecule has 0 radical (unpaired) electrons. The quantitative estimate of drug-likeness (QED) is 0.937. The monoisotopic (exact) mass is 298 g/mol. The molecule has 0 bridgehead atoms. The van der Waals surface area contributed by atoms with Gasteiger partial charge in [-0.1, -0.05) is 6.07 Å². The first kappa shape index (κ1) is 13.9. The number of likely N-dealkylation sites (tertiary alicyclic amines) is 1. The molecule has 2 aromatic rings. The predicted octanol–water partition coefficient (Wildman–Crippen LogP) is 1.72. The maximum absolute atomic E-state index is 10.5. The van der Waals surface area contributed by atoms with Gasteiger partial charge >= 0.3 is 0 Å². The average Bonchev–Trinajstić information content (AvgIpc) is 3.16. The zero-order valence-corrected chi connectivity index (χ0v) is 12.6. The maximum Gasteiger partial charge on any atom is 0.0781 e. The first-order valence-electron chi connectivity index (χ1n) is 8.09. The van der Waals surface area contributed by atoms with Gasteiger partial charge in [0.2, 0.25) is 0 Å². The molecule has 2 fully saturated rings. The van der Waals surface area contributed by atoms with Crippen molar-refractivity contribution in [1.82, 2.24) is 19.7 Å². The van der Waals surface area contributed by atoms with Crippen LogP contribution in [-0.2, 0) is 6.54 Å². The van der Waals surface area contributed by atoms with E-state index in [-0.39, 0.29) is 12.1 Å². The molecule has 0 aromatic carbocycles. The molecule has 5 heteroatoms. The Morgan fingerprint density at radius 1 is 1.09 bits per heavy atom. The molecule has 0 amide bonds. The summed E-state index contributed by atoms with van der Waals surface area (Å²) < 4.78 is 1.93. The van der Waals surface area contributed by atoms with Gasteiger partial charge in [-0.2, -0.15) is 5.10 Å². The molecule has 1 saturated heterocycles. The smallest absolute Gasteiger partial charge is 0.0781 e. The topological polar surface area (TPSA) is 54.2 Å². The molecule has 1 aliphatic heterocycles. The first-order chi connectivity index (χ1) is 10.8. The zero-order valence-electron chi connectivity index (χ0n) is 12.6. The van der Waals surface area contributed by atoms with Crippen LogP contribution in [0.1, 0.15) is 24.6 Å². The minimum Gasteiger partial charge on any atom is -0.391 e. The Balaban J connectivity index is 1.43. The van der Waals surface area contributed by atoms with Crippen LogP contribution in [0.3, 0.4) is 0 Å². The second-order valence-corrected chi connectivity index (χ2v) is 6.63. The maximum atomic E-state index is 10.5. The van der Waals surface area contributed by atoms with E-state index in [1.165, 1.54) is 0 Å². The number of rotatable bonds is 3. The number of aromatic nitrogens is 3. The summed E-state index contributed by atoms with van der Waals surface area (Å²) in [5.74, 6) is 1.26.